The Hall–Kier alpha value is -3.12. The molecule has 0 bridgehead atoms. The van der Waals surface area contributed by atoms with E-state index in [1.807, 2.05) is 55.5 Å². The molecule has 0 saturated heterocycles. The number of benzene rings is 2. The van der Waals surface area contributed by atoms with Gasteiger partial charge in [0.2, 0.25) is 5.91 Å². The maximum atomic E-state index is 12.1. The van der Waals surface area contributed by atoms with E-state index in [4.69, 9.17) is 21.7 Å². The first-order valence-corrected chi connectivity index (χ1v) is 8.69. The number of amides is 1. The number of carbonyl (C=O) groups excluding carboxylic acids is 1. The molecule has 0 aliphatic rings. The highest BCUT2D eigenvalue weighted by Gasteiger charge is 2.07. The van der Waals surface area contributed by atoms with Crippen LogP contribution in [0.3, 0.4) is 0 Å². The third-order valence-corrected chi connectivity index (χ3v) is 3.60. The minimum Gasteiger partial charge on any atom is -0.496 e. The van der Waals surface area contributed by atoms with Gasteiger partial charge in [0.1, 0.15) is 18.1 Å². The molecule has 0 aliphatic heterocycles. The lowest BCUT2D eigenvalue weighted by Gasteiger charge is -2.13. The Kier molecular flexibility index (Phi) is 7.58. The van der Waals surface area contributed by atoms with E-state index in [0.29, 0.717) is 23.8 Å². The Morgan fingerprint density at radius 2 is 1.81 bits per heavy atom. The van der Waals surface area contributed by atoms with E-state index < -0.39 is 0 Å². The Bertz CT molecular complexity index is 862. The molecule has 0 saturated carbocycles. The molecule has 0 aliphatic carbocycles. The molecule has 0 fully saturated rings. The van der Waals surface area contributed by atoms with Gasteiger partial charge in [0.25, 0.3) is 0 Å². The smallest absolute Gasteiger partial charge is 0.250 e. The Morgan fingerprint density at radius 3 is 2.52 bits per heavy atom. The van der Waals surface area contributed by atoms with Gasteiger partial charge in [-0.1, -0.05) is 36.9 Å². The van der Waals surface area contributed by atoms with Crippen molar-refractivity contribution >= 4 is 35.0 Å². The molecule has 2 aromatic rings. The van der Waals surface area contributed by atoms with Crippen molar-refractivity contribution in [1.82, 2.24) is 5.32 Å². The number of rotatable bonds is 7. The molecule has 2 N–H and O–H groups in total. The maximum Gasteiger partial charge on any atom is 0.250 e. The van der Waals surface area contributed by atoms with Crippen LogP contribution in [0.5, 0.6) is 11.5 Å². The van der Waals surface area contributed by atoms with Gasteiger partial charge in [-0.3, -0.25) is 10.1 Å². The van der Waals surface area contributed by atoms with Crippen LogP contribution >= 0.6 is 12.2 Å². The van der Waals surface area contributed by atoms with Crippen LogP contribution in [-0.4, -0.2) is 24.7 Å². The predicted molar refractivity (Wildman–Crippen MR) is 113 cm³/mol. The summed E-state index contributed by atoms with van der Waals surface area (Å²) in [4.78, 5) is 12.1. The van der Waals surface area contributed by atoms with Gasteiger partial charge >= 0.3 is 0 Å². The molecule has 2 aromatic carbocycles. The number of anilines is 1. The van der Waals surface area contributed by atoms with Crippen molar-refractivity contribution in [1.29, 1.82) is 0 Å². The Labute approximate surface area is 164 Å². The fourth-order valence-electron chi connectivity index (χ4n) is 2.17. The van der Waals surface area contributed by atoms with E-state index in [1.54, 1.807) is 13.2 Å². The van der Waals surface area contributed by atoms with Crippen molar-refractivity contribution in [3.8, 4) is 11.5 Å². The van der Waals surface area contributed by atoms with Crippen molar-refractivity contribution in [3.63, 3.8) is 0 Å². The first-order valence-electron chi connectivity index (χ1n) is 8.29. The number of ether oxygens (including phenoxy) is 2. The van der Waals surface area contributed by atoms with Gasteiger partial charge in [0.15, 0.2) is 5.11 Å². The average Bonchev–Trinajstić information content (AvgIpc) is 2.65. The lowest BCUT2D eigenvalue weighted by Crippen LogP contribution is -2.32. The van der Waals surface area contributed by atoms with Crippen LogP contribution in [0, 0.1) is 0 Å². The van der Waals surface area contributed by atoms with Gasteiger partial charge in [-0.15, -0.1) is 0 Å². The van der Waals surface area contributed by atoms with Gasteiger partial charge in [0, 0.05) is 11.6 Å². The van der Waals surface area contributed by atoms with E-state index in [0.717, 1.165) is 11.1 Å². The van der Waals surface area contributed by atoms with Crippen LogP contribution in [0.25, 0.3) is 6.08 Å². The zero-order chi connectivity index (χ0) is 19.6. The molecule has 140 valence electrons. The van der Waals surface area contributed by atoms with Crippen molar-refractivity contribution in [3.05, 3.63) is 72.3 Å². The molecule has 5 nitrogen and oxygen atoms in total. The normalized spacial score (nSPS) is 10.3. The van der Waals surface area contributed by atoms with E-state index >= 15 is 0 Å². The Morgan fingerprint density at radius 1 is 1.15 bits per heavy atom. The number of hydrogen-bond donors (Lipinski definition) is 2. The summed E-state index contributed by atoms with van der Waals surface area (Å²) in [7, 11) is 1.58. The van der Waals surface area contributed by atoms with Crippen LogP contribution in [-0.2, 0) is 4.79 Å². The van der Waals surface area contributed by atoms with Crippen LogP contribution in [0.4, 0.5) is 5.69 Å². The second-order valence-electron chi connectivity index (χ2n) is 5.76. The summed E-state index contributed by atoms with van der Waals surface area (Å²) < 4.78 is 10.9. The minimum absolute atomic E-state index is 0.177. The van der Waals surface area contributed by atoms with Crippen LogP contribution in [0.2, 0.25) is 0 Å². The Balaban J connectivity index is 1.96. The SMILES string of the molecule is C=C(C)COc1ccccc1NC(=S)NC(=O)/C=C/c1ccccc1OC. The number of carbonyl (C=O) groups is 1. The first kappa shape index (κ1) is 20.2. The van der Waals surface area contributed by atoms with Crippen molar-refractivity contribution in [2.24, 2.45) is 0 Å². The molecule has 0 heterocycles. The number of methoxy groups -OCH3 is 1. The number of nitrogens with one attached hydrogen (secondary N) is 2. The summed E-state index contributed by atoms with van der Waals surface area (Å²) in [5.74, 6) is 0.964. The lowest BCUT2D eigenvalue weighted by molar-refractivity contribution is -0.115. The molecule has 6 heteroatoms. The summed E-state index contributed by atoms with van der Waals surface area (Å²) in [5, 5.41) is 5.76. The number of para-hydroxylation sites is 3. The van der Waals surface area contributed by atoms with E-state index in [1.165, 1.54) is 6.08 Å². The summed E-state index contributed by atoms with van der Waals surface area (Å²) in [6.07, 6.45) is 3.07. The minimum atomic E-state index is -0.348. The first-order chi connectivity index (χ1) is 13.0. The van der Waals surface area contributed by atoms with Crippen LogP contribution in [0.15, 0.2) is 66.8 Å². The third kappa shape index (κ3) is 6.60. The van der Waals surface area contributed by atoms with Crippen LogP contribution in [0.1, 0.15) is 12.5 Å². The van der Waals surface area contributed by atoms with Gasteiger partial charge in [-0.25, -0.2) is 0 Å². The average molecular weight is 382 g/mol. The summed E-state index contributed by atoms with van der Waals surface area (Å²) in [6.45, 7) is 6.10. The summed E-state index contributed by atoms with van der Waals surface area (Å²) >= 11 is 5.21. The highest BCUT2D eigenvalue weighted by molar-refractivity contribution is 7.80. The molecular weight excluding hydrogens is 360 g/mol. The molecule has 0 spiro atoms. The highest BCUT2D eigenvalue weighted by atomic mass is 32.1. The lowest BCUT2D eigenvalue weighted by atomic mass is 10.2. The highest BCUT2D eigenvalue weighted by Crippen LogP contribution is 2.24. The molecule has 0 atom stereocenters. The maximum absolute atomic E-state index is 12.1. The molecule has 0 aromatic heterocycles. The monoisotopic (exact) mass is 382 g/mol. The molecule has 1 amide bonds. The van der Waals surface area contributed by atoms with Crippen molar-refractivity contribution < 1.29 is 14.3 Å². The second kappa shape index (κ2) is 10.1. The van der Waals surface area contributed by atoms with Gasteiger partial charge in [0.05, 0.1) is 12.8 Å². The van der Waals surface area contributed by atoms with E-state index in [9.17, 15) is 4.79 Å². The topological polar surface area (TPSA) is 59.6 Å². The number of thiocarbonyl (C=S) groups is 1. The molecular formula is C21H22N2O3S. The fourth-order valence-corrected chi connectivity index (χ4v) is 2.38. The quantitative estimate of drug-likeness (QED) is 0.427. The van der Waals surface area contributed by atoms with E-state index in [-0.39, 0.29) is 11.0 Å². The van der Waals surface area contributed by atoms with Gasteiger partial charge in [-0.2, -0.15) is 0 Å². The zero-order valence-corrected chi connectivity index (χ0v) is 16.1. The third-order valence-electron chi connectivity index (χ3n) is 3.40. The van der Waals surface area contributed by atoms with Gasteiger partial charge < -0.3 is 14.8 Å². The molecule has 2 rings (SSSR count). The number of hydrogen-bond acceptors (Lipinski definition) is 4. The van der Waals surface area contributed by atoms with Crippen LogP contribution < -0.4 is 20.1 Å². The molecule has 0 unspecified atom stereocenters. The second-order valence-corrected chi connectivity index (χ2v) is 6.17. The molecule has 0 radical (unpaired) electrons. The summed E-state index contributed by atoms with van der Waals surface area (Å²) in [6, 6.07) is 14.8. The molecule has 27 heavy (non-hydrogen) atoms. The predicted octanol–water partition coefficient (Wildman–Crippen LogP) is 4.18. The van der Waals surface area contributed by atoms with E-state index in [2.05, 4.69) is 17.2 Å². The standard InChI is InChI=1S/C21H22N2O3S/c1-15(2)14-26-19-11-7-5-9-17(19)22-21(27)23-20(24)13-12-16-8-4-6-10-18(16)25-3/h4-13H,1,14H2,2-3H3,(H2,22,23,24,27)/b13-12+. The zero-order valence-electron chi connectivity index (χ0n) is 15.3. The largest absolute Gasteiger partial charge is 0.496 e. The van der Waals surface area contributed by atoms with Gasteiger partial charge in [-0.05, 0) is 49.0 Å². The van der Waals surface area contributed by atoms with Crippen molar-refractivity contribution in [2.75, 3.05) is 19.0 Å². The fraction of sp³-hybridized carbons (Fsp3) is 0.143. The summed E-state index contributed by atoms with van der Waals surface area (Å²) in [5.41, 5.74) is 2.37. The van der Waals surface area contributed by atoms with Crippen molar-refractivity contribution in [2.45, 2.75) is 6.92 Å².